The van der Waals surface area contributed by atoms with Crippen LogP contribution in [0.3, 0.4) is 0 Å². The Kier molecular flexibility index (Phi) is 4.79. The average Bonchev–Trinajstić information content (AvgIpc) is 3.38. The van der Waals surface area contributed by atoms with Crippen LogP contribution in [0, 0.1) is 13.8 Å². The van der Waals surface area contributed by atoms with Gasteiger partial charge in [-0.05, 0) is 44.9 Å². The molecule has 1 amide bonds. The standard InChI is InChI=1S/C19H22N2O4/c1-12-9-17(13(2)21(12)15-7-8-15)19(23)25-11-18(22)20-14-5-4-6-16(10-14)24-3/h4-6,9-10,15H,7-8,11H2,1-3H3,(H,20,22). The van der Waals surface area contributed by atoms with Gasteiger partial charge in [0, 0.05) is 29.2 Å². The number of benzene rings is 1. The van der Waals surface area contributed by atoms with Crippen LogP contribution >= 0.6 is 0 Å². The number of rotatable bonds is 6. The lowest BCUT2D eigenvalue weighted by Crippen LogP contribution is -2.21. The number of nitrogens with zero attached hydrogens (tertiary/aromatic N) is 1. The first-order valence-electron chi connectivity index (χ1n) is 8.29. The second kappa shape index (κ2) is 7.01. The molecule has 0 unspecified atom stereocenters. The number of anilines is 1. The number of carbonyl (C=O) groups is 2. The molecule has 1 N–H and O–H groups in total. The van der Waals surface area contributed by atoms with Gasteiger partial charge in [-0.2, -0.15) is 0 Å². The highest BCUT2D eigenvalue weighted by Crippen LogP contribution is 2.38. The number of aryl methyl sites for hydroxylation is 1. The molecule has 1 aromatic heterocycles. The number of methoxy groups -OCH3 is 1. The molecule has 0 spiro atoms. The van der Waals surface area contributed by atoms with Gasteiger partial charge in [0.25, 0.3) is 5.91 Å². The molecule has 0 aliphatic heterocycles. The van der Waals surface area contributed by atoms with Crippen molar-refractivity contribution in [3.63, 3.8) is 0 Å². The maximum atomic E-state index is 12.3. The van der Waals surface area contributed by atoms with Crippen molar-refractivity contribution in [2.75, 3.05) is 19.0 Å². The van der Waals surface area contributed by atoms with Crippen LogP contribution in [0.25, 0.3) is 0 Å². The molecule has 1 aromatic carbocycles. The first kappa shape index (κ1) is 17.1. The summed E-state index contributed by atoms with van der Waals surface area (Å²) >= 11 is 0. The minimum Gasteiger partial charge on any atom is -0.497 e. The molecule has 1 aliphatic rings. The van der Waals surface area contributed by atoms with Gasteiger partial charge >= 0.3 is 5.97 Å². The van der Waals surface area contributed by atoms with E-state index in [4.69, 9.17) is 9.47 Å². The molecule has 6 nitrogen and oxygen atoms in total. The summed E-state index contributed by atoms with van der Waals surface area (Å²) in [5.74, 6) is -0.222. The van der Waals surface area contributed by atoms with Crippen LogP contribution in [0.2, 0.25) is 0 Å². The Labute approximate surface area is 146 Å². The van der Waals surface area contributed by atoms with E-state index in [1.54, 1.807) is 31.4 Å². The van der Waals surface area contributed by atoms with Crippen LogP contribution < -0.4 is 10.1 Å². The Balaban J connectivity index is 1.58. The maximum Gasteiger partial charge on any atom is 0.340 e. The Morgan fingerprint density at radius 1 is 1.24 bits per heavy atom. The van der Waals surface area contributed by atoms with E-state index < -0.39 is 11.9 Å². The second-order valence-corrected chi connectivity index (χ2v) is 6.24. The van der Waals surface area contributed by atoms with E-state index >= 15 is 0 Å². The SMILES string of the molecule is COc1cccc(NC(=O)COC(=O)c2cc(C)n(C3CC3)c2C)c1. The minimum atomic E-state index is -0.471. The third kappa shape index (κ3) is 3.84. The average molecular weight is 342 g/mol. The molecule has 6 heteroatoms. The monoisotopic (exact) mass is 342 g/mol. The van der Waals surface area contributed by atoms with Gasteiger partial charge in [0.15, 0.2) is 6.61 Å². The van der Waals surface area contributed by atoms with Crippen molar-refractivity contribution < 1.29 is 19.1 Å². The lowest BCUT2D eigenvalue weighted by Gasteiger charge is -2.09. The molecule has 0 radical (unpaired) electrons. The van der Waals surface area contributed by atoms with Gasteiger partial charge < -0.3 is 19.4 Å². The Hall–Kier alpha value is -2.76. The molecular weight excluding hydrogens is 320 g/mol. The fourth-order valence-corrected chi connectivity index (χ4v) is 2.99. The number of hydrogen-bond donors (Lipinski definition) is 1. The zero-order valence-corrected chi connectivity index (χ0v) is 14.7. The smallest absolute Gasteiger partial charge is 0.340 e. The van der Waals surface area contributed by atoms with Crippen LogP contribution in [-0.4, -0.2) is 30.2 Å². The summed E-state index contributed by atoms with van der Waals surface area (Å²) in [7, 11) is 1.56. The summed E-state index contributed by atoms with van der Waals surface area (Å²) in [6, 6.07) is 9.32. The fourth-order valence-electron chi connectivity index (χ4n) is 2.99. The van der Waals surface area contributed by atoms with E-state index in [1.807, 2.05) is 19.9 Å². The van der Waals surface area contributed by atoms with Gasteiger partial charge in [-0.25, -0.2) is 4.79 Å². The first-order chi connectivity index (χ1) is 12.0. The van der Waals surface area contributed by atoms with Crippen LogP contribution in [0.5, 0.6) is 5.75 Å². The molecule has 25 heavy (non-hydrogen) atoms. The van der Waals surface area contributed by atoms with E-state index in [0.29, 0.717) is 23.0 Å². The summed E-state index contributed by atoms with van der Waals surface area (Å²) in [6.07, 6.45) is 2.29. The normalized spacial score (nSPS) is 13.4. The topological polar surface area (TPSA) is 69.6 Å². The highest BCUT2D eigenvalue weighted by molar-refractivity contribution is 5.96. The summed E-state index contributed by atoms with van der Waals surface area (Å²) in [5, 5.41) is 2.68. The maximum absolute atomic E-state index is 12.3. The van der Waals surface area contributed by atoms with Crippen molar-refractivity contribution in [1.82, 2.24) is 4.57 Å². The minimum absolute atomic E-state index is 0.330. The summed E-state index contributed by atoms with van der Waals surface area (Å²) in [5.41, 5.74) is 3.07. The van der Waals surface area contributed by atoms with E-state index in [2.05, 4.69) is 9.88 Å². The van der Waals surface area contributed by atoms with Crippen molar-refractivity contribution in [2.24, 2.45) is 0 Å². The zero-order chi connectivity index (χ0) is 18.0. The lowest BCUT2D eigenvalue weighted by atomic mass is 10.2. The van der Waals surface area contributed by atoms with Gasteiger partial charge in [-0.15, -0.1) is 0 Å². The Morgan fingerprint density at radius 3 is 2.68 bits per heavy atom. The number of amides is 1. The van der Waals surface area contributed by atoms with Crippen LogP contribution in [0.15, 0.2) is 30.3 Å². The van der Waals surface area contributed by atoms with E-state index in [1.165, 1.54) is 0 Å². The fraction of sp³-hybridized carbons (Fsp3) is 0.368. The molecule has 2 aromatic rings. The molecule has 1 heterocycles. The van der Waals surface area contributed by atoms with Gasteiger partial charge in [-0.1, -0.05) is 6.07 Å². The Bertz CT molecular complexity index is 806. The predicted octanol–water partition coefficient (Wildman–Crippen LogP) is 3.24. The first-order valence-corrected chi connectivity index (χ1v) is 8.29. The molecule has 0 bridgehead atoms. The van der Waals surface area contributed by atoms with Crippen LogP contribution in [0.1, 0.15) is 40.6 Å². The third-order valence-corrected chi connectivity index (χ3v) is 4.30. The van der Waals surface area contributed by atoms with Gasteiger partial charge in [0.05, 0.1) is 12.7 Å². The number of nitrogens with one attached hydrogen (secondary N) is 1. The van der Waals surface area contributed by atoms with Crippen molar-refractivity contribution in [3.8, 4) is 5.75 Å². The molecule has 0 atom stereocenters. The van der Waals surface area contributed by atoms with E-state index in [9.17, 15) is 9.59 Å². The predicted molar refractivity (Wildman–Crippen MR) is 94.1 cm³/mol. The van der Waals surface area contributed by atoms with E-state index in [0.717, 1.165) is 24.2 Å². The highest BCUT2D eigenvalue weighted by atomic mass is 16.5. The third-order valence-electron chi connectivity index (χ3n) is 4.30. The number of ether oxygens (including phenoxy) is 2. The lowest BCUT2D eigenvalue weighted by molar-refractivity contribution is -0.119. The van der Waals surface area contributed by atoms with Gasteiger partial charge in [0.1, 0.15) is 5.75 Å². The molecule has 1 aliphatic carbocycles. The quantitative estimate of drug-likeness (QED) is 0.818. The largest absolute Gasteiger partial charge is 0.497 e. The highest BCUT2D eigenvalue weighted by Gasteiger charge is 2.28. The van der Waals surface area contributed by atoms with Crippen molar-refractivity contribution in [3.05, 3.63) is 47.3 Å². The molecule has 132 valence electrons. The molecule has 1 fully saturated rings. The summed E-state index contributed by atoms with van der Waals surface area (Å²) < 4.78 is 12.5. The number of esters is 1. The Morgan fingerprint density at radius 2 is 2.00 bits per heavy atom. The molecular formula is C19H22N2O4. The van der Waals surface area contributed by atoms with Crippen LogP contribution in [-0.2, 0) is 9.53 Å². The number of aromatic nitrogens is 1. The van der Waals surface area contributed by atoms with E-state index in [-0.39, 0.29) is 6.61 Å². The number of carbonyl (C=O) groups excluding carboxylic acids is 2. The zero-order valence-electron chi connectivity index (χ0n) is 14.7. The molecule has 1 saturated carbocycles. The van der Waals surface area contributed by atoms with Gasteiger partial charge in [0.2, 0.25) is 0 Å². The summed E-state index contributed by atoms with van der Waals surface area (Å²) in [6.45, 7) is 3.57. The van der Waals surface area contributed by atoms with Crippen molar-refractivity contribution in [2.45, 2.75) is 32.7 Å². The van der Waals surface area contributed by atoms with Crippen molar-refractivity contribution in [1.29, 1.82) is 0 Å². The van der Waals surface area contributed by atoms with Gasteiger partial charge in [-0.3, -0.25) is 4.79 Å². The molecule has 3 rings (SSSR count). The van der Waals surface area contributed by atoms with Crippen molar-refractivity contribution >= 4 is 17.6 Å². The van der Waals surface area contributed by atoms with Crippen LogP contribution in [0.4, 0.5) is 5.69 Å². The number of hydrogen-bond acceptors (Lipinski definition) is 4. The second-order valence-electron chi connectivity index (χ2n) is 6.24. The summed E-state index contributed by atoms with van der Waals surface area (Å²) in [4.78, 5) is 24.3. The molecule has 0 saturated heterocycles.